The number of ether oxygens (including phenoxy) is 6. The zero-order chi connectivity index (χ0) is 81.4. The van der Waals surface area contributed by atoms with Gasteiger partial charge in [-0.05, 0) is 202 Å². The maximum atomic E-state index is 14.6. The molecular formula is C83H109ClF3N9O15S3. The summed E-state index contributed by atoms with van der Waals surface area (Å²) < 4.78 is 135. The van der Waals surface area contributed by atoms with Crippen molar-refractivity contribution in [3.8, 4) is 5.75 Å². The Kier molecular flexibility index (Phi) is 30.5. The van der Waals surface area contributed by atoms with Gasteiger partial charge < -0.3 is 64.4 Å². The van der Waals surface area contributed by atoms with Crippen LogP contribution in [0.5, 0.6) is 5.75 Å². The molecule has 2 aliphatic carbocycles. The number of anilines is 2. The molecule has 0 aromatic heterocycles. The number of alkyl halides is 3. The molecule has 4 saturated heterocycles. The van der Waals surface area contributed by atoms with Crippen LogP contribution >= 0.6 is 23.4 Å². The van der Waals surface area contributed by atoms with Crippen molar-refractivity contribution in [3.63, 3.8) is 0 Å². The van der Waals surface area contributed by atoms with Crippen LogP contribution in [0.3, 0.4) is 0 Å². The SMILES string of the molecule is CN[C@@H](C)C(=O)N[C@H]1CCO[C@H]2CC(C)(C)[C@@H](C(=O)N[C@@H]3CCCc4cc(OCCOCCOCCOCCOCC(=O)N5CCN(CC[C@H](CSc6ccccc6)Nc6ccc(S(=O)(=O)NC(=O)c7ccc(N8CCC(CC9=C(c%10ccc(Cl)cc%10)CCC(C)(C)C9)CC8)cc7)cc6S(=O)(=O)C(F)(F)F)CC5)ccc43)N2C1=O. The molecule has 6 aliphatic rings. The normalized spacial score (nSPS) is 20.8. The Morgan fingerprint density at radius 3 is 2.10 bits per heavy atom. The Morgan fingerprint density at radius 1 is 0.746 bits per heavy atom. The van der Waals surface area contributed by atoms with E-state index in [0.29, 0.717) is 114 Å². The first-order valence-corrected chi connectivity index (χ1v) is 43.9. The number of likely N-dealkylation sites (N-methyl/N-ethyl adjacent to an activating group) is 1. The number of piperidine rings is 1. The van der Waals surface area contributed by atoms with E-state index in [1.54, 1.807) is 35.9 Å². The van der Waals surface area contributed by atoms with Gasteiger partial charge in [0.05, 0.1) is 75.5 Å². The van der Waals surface area contributed by atoms with Gasteiger partial charge in [-0.25, -0.2) is 21.6 Å². The van der Waals surface area contributed by atoms with E-state index in [-0.39, 0.29) is 72.8 Å². The molecule has 0 radical (unpaired) electrons. The zero-order valence-corrected chi connectivity index (χ0v) is 69.1. The van der Waals surface area contributed by atoms with Crippen LogP contribution in [-0.2, 0) is 69.1 Å². The van der Waals surface area contributed by atoms with E-state index in [0.717, 1.165) is 105 Å². The second-order valence-electron chi connectivity index (χ2n) is 31.7. The molecule has 0 saturated carbocycles. The van der Waals surface area contributed by atoms with Crippen LogP contribution < -0.4 is 35.6 Å². The van der Waals surface area contributed by atoms with Gasteiger partial charge >= 0.3 is 5.51 Å². The molecule has 31 heteroatoms. The average Bonchev–Trinajstić information content (AvgIpc) is 1.61. The van der Waals surface area contributed by atoms with E-state index in [1.165, 1.54) is 40.6 Å². The topological polar surface area (TPSA) is 282 Å². The van der Waals surface area contributed by atoms with Crippen molar-refractivity contribution in [2.24, 2.45) is 16.7 Å². The Morgan fingerprint density at radius 2 is 1.42 bits per heavy atom. The zero-order valence-electron chi connectivity index (χ0n) is 65.9. The number of thioether (sulfide) groups is 1. The molecular weight excluding hydrogens is 1550 g/mol. The van der Waals surface area contributed by atoms with Crippen LogP contribution in [0, 0.1) is 16.7 Å². The number of fused-ring (bicyclic) bond motifs is 2. The molecule has 5 amide bonds. The number of halogens is 4. The Hall–Kier alpha value is -7.36. The molecule has 5 aromatic carbocycles. The van der Waals surface area contributed by atoms with Crippen molar-refractivity contribution in [3.05, 3.63) is 148 Å². The molecule has 6 atom stereocenters. The van der Waals surface area contributed by atoms with E-state index in [9.17, 15) is 54.0 Å². The summed E-state index contributed by atoms with van der Waals surface area (Å²) in [7, 11) is -9.43. The molecule has 24 nitrogen and oxygen atoms in total. The Bertz CT molecular complexity index is 4380. The summed E-state index contributed by atoms with van der Waals surface area (Å²) in [4.78, 5) is 74.1. The minimum Gasteiger partial charge on any atom is -0.491 e. The van der Waals surface area contributed by atoms with Gasteiger partial charge in [0.25, 0.3) is 25.8 Å². The van der Waals surface area contributed by atoms with Crippen LogP contribution in [0.4, 0.5) is 24.5 Å². The molecule has 4 aliphatic heterocycles. The number of amides is 5. The highest BCUT2D eigenvalue weighted by molar-refractivity contribution is 7.99. The number of nitrogens with one attached hydrogen (secondary N) is 5. The third kappa shape index (κ3) is 23.3. The van der Waals surface area contributed by atoms with E-state index >= 15 is 0 Å². The van der Waals surface area contributed by atoms with Gasteiger partial charge in [-0.1, -0.05) is 81.3 Å². The summed E-state index contributed by atoms with van der Waals surface area (Å²) in [5, 5.41) is 12.8. The molecule has 5 aromatic rings. The number of rotatable bonds is 36. The summed E-state index contributed by atoms with van der Waals surface area (Å²) in [5.41, 5.74) is 0.395. The minimum atomic E-state index is -6.17. The lowest BCUT2D eigenvalue weighted by Gasteiger charge is -2.38. The fraction of sp³-hybridized carbons (Fsp3) is 0.554. The van der Waals surface area contributed by atoms with E-state index in [1.807, 2.05) is 79.2 Å². The van der Waals surface area contributed by atoms with Crippen LogP contribution in [0.1, 0.15) is 138 Å². The predicted molar refractivity (Wildman–Crippen MR) is 431 cm³/mol. The van der Waals surface area contributed by atoms with E-state index in [2.05, 4.69) is 57.0 Å². The molecule has 4 heterocycles. The number of benzene rings is 5. The molecule has 0 spiro atoms. The first-order chi connectivity index (χ1) is 54.4. The number of allylic oxidation sites excluding steroid dienone is 2. The molecule has 0 unspecified atom stereocenters. The van der Waals surface area contributed by atoms with E-state index in [4.69, 9.17) is 40.0 Å². The number of nitrogens with zero attached hydrogens (tertiary/aromatic N) is 4. The molecule has 11 rings (SSSR count). The number of piperazine rings is 1. The van der Waals surface area contributed by atoms with Gasteiger partial charge in [-0.2, -0.15) is 13.2 Å². The number of carbonyl (C=O) groups excluding carboxylic acids is 5. The van der Waals surface area contributed by atoms with Gasteiger partial charge in [0.1, 0.15) is 42.2 Å². The van der Waals surface area contributed by atoms with E-state index < -0.39 is 82.6 Å². The third-order valence-corrected chi connectivity index (χ3v) is 26.7. The summed E-state index contributed by atoms with van der Waals surface area (Å²) in [6, 6.07) is 29.0. The fourth-order valence-electron chi connectivity index (χ4n) is 15.9. The van der Waals surface area contributed by atoms with Crippen molar-refractivity contribution in [2.75, 3.05) is 135 Å². The highest BCUT2D eigenvalue weighted by atomic mass is 35.5. The van der Waals surface area contributed by atoms with Crippen LogP contribution in [0.2, 0.25) is 5.02 Å². The molecule has 114 heavy (non-hydrogen) atoms. The van der Waals surface area contributed by atoms with Crippen molar-refractivity contribution in [2.45, 2.75) is 168 Å². The van der Waals surface area contributed by atoms with Crippen LogP contribution in [0.25, 0.3) is 5.57 Å². The van der Waals surface area contributed by atoms with Gasteiger partial charge in [0.2, 0.25) is 23.6 Å². The maximum Gasteiger partial charge on any atom is 0.501 e. The summed E-state index contributed by atoms with van der Waals surface area (Å²) in [5.74, 6) is -0.685. The predicted octanol–water partition coefficient (Wildman–Crippen LogP) is 11.2. The van der Waals surface area contributed by atoms with Gasteiger partial charge in [-0.3, -0.25) is 28.9 Å². The molecule has 622 valence electrons. The van der Waals surface area contributed by atoms with Crippen LogP contribution in [0.15, 0.2) is 136 Å². The Balaban J connectivity index is 0.571. The number of hydrogen-bond donors (Lipinski definition) is 5. The van der Waals surface area contributed by atoms with Crippen molar-refractivity contribution < 1.29 is 82.4 Å². The van der Waals surface area contributed by atoms with Crippen molar-refractivity contribution in [1.82, 2.24) is 35.4 Å². The second-order valence-corrected chi connectivity index (χ2v) is 36.8. The number of sulfonamides is 1. The summed E-state index contributed by atoms with van der Waals surface area (Å²) in [6.07, 6.45) is 9.05. The lowest BCUT2D eigenvalue weighted by molar-refractivity contribution is -0.150. The smallest absolute Gasteiger partial charge is 0.491 e. The number of hydrogen-bond acceptors (Lipinski definition) is 20. The molecule has 4 fully saturated rings. The quantitative estimate of drug-likeness (QED) is 0.0184. The fourth-order valence-corrected chi connectivity index (χ4v) is 19.1. The first kappa shape index (κ1) is 87.5. The van der Waals surface area contributed by atoms with Gasteiger partial charge in [-0.15, -0.1) is 11.8 Å². The van der Waals surface area contributed by atoms with Crippen molar-refractivity contribution >= 4 is 89.7 Å². The van der Waals surface area contributed by atoms with Gasteiger partial charge in [0.15, 0.2) is 0 Å². The van der Waals surface area contributed by atoms with Crippen LogP contribution in [-0.4, -0.2) is 222 Å². The highest BCUT2D eigenvalue weighted by Crippen LogP contribution is 2.47. The van der Waals surface area contributed by atoms with Crippen molar-refractivity contribution in [1.29, 1.82) is 0 Å². The molecule has 5 N–H and O–H groups in total. The molecule has 0 bridgehead atoms. The number of carbonyl (C=O) groups is 5. The Labute approximate surface area is 677 Å². The second kappa shape index (κ2) is 39.7. The first-order valence-electron chi connectivity index (χ1n) is 39.5. The lowest BCUT2D eigenvalue weighted by Crippen LogP contribution is -2.58. The summed E-state index contributed by atoms with van der Waals surface area (Å²) in [6.45, 7) is 16.5. The average molecular weight is 1660 g/mol. The summed E-state index contributed by atoms with van der Waals surface area (Å²) >= 11 is 7.63. The highest BCUT2D eigenvalue weighted by Gasteiger charge is 2.55. The maximum absolute atomic E-state index is 14.6. The minimum absolute atomic E-state index is 0.0268. The largest absolute Gasteiger partial charge is 0.501 e. The standard InChI is InChI=1S/C83H109ClF3N9O15S3/c1-56(88-6)77(98)91-72-31-40-111-75-53-82(4,5)76(96(75)80(72)101)79(100)90-70-14-10-11-60-50-65(23-25-69(60)70)110-48-47-108-44-43-106-41-42-107-45-46-109-54-74(97)95-38-36-93(37-39-95)33-30-63(55-112-66-12-8-7-9-13-66)89-71-26-24-67(51-73(71)113(102,103)83(85,86)87)114(104,105)92-78(99)59-17-21-64(22-18-59)94-34-28-57(29-35-94)49-61-52-81(2,3)32-27-68(61)58-15-19-62(84)20-16-58/h7-9,12-13,15-26,50-51,56-57,63,70,72,75-76,88-89H,10-11,14,27-49,52-55H2,1-6H3,(H,90,100)(H,91,98)(H,92,99)/t56-,63+,70+,72-,75-,76+/m0/s1. The van der Waals surface area contributed by atoms with Gasteiger partial charge in [0, 0.05) is 85.2 Å². The lowest BCUT2D eigenvalue weighted by atomic mass is 9.70. The number of sulfone groups is 1. The number of aryl methyl sites for hydroxylation is 1. The third-order valence-electron chi connectivity index (χ3n) is 22.4. The monoisotopic (exact) mass is 1660 g/mol.